The van der Waals surface area contributed by atoms with Crippen LogP contribution >= 0.6 is 0 Å². The Morgan fingerprint density at radius 3 is 2.66 bits per heavy atom. The number of benzene rings is 2. The molecule has 0 saturated carbocycles. The van der Waals surface area contributed by atoms with Gasteiger partial charge < -0.3 is 10.1 Å². The number of amides is 1. The summed E-state index contributed by atoms with van der Waals surface area (Å²) in [7, 11) is 3.59. The zero-order valence-electron chi connectivity index (χ0n) is 17.7. The first kappa shape index (κ1) is 21.3. The van der Waals surface area contributed by atoms with E-state index in [2.05, 4.69) is 43.2 Å². The Hall–Kier alpha value is -2.40. The maximum atomic E-state index is 13.6. The highest BCUT2D eigenvalue weighted by Crippen LogP contribution is 2.40. The number of likely N-dealkylation sites (N-methyl/N-ethyl adjacent to an activating group) is 1. The van der Waals surface area contributed by atoms with Crippen molar-refractivity contribution in [2.75, 3.05) is 20.7 Å². The summed E-state index contributed by atoms with van der Waals surface area (Å²) in [5.74, 6) is 0.227. The Bertz CT molecular complexity index is 842. The number of likely N-dealkylation sites (tertiary alicyclic amines) is 1. The molecular formula is C24H31FN2O2. The molecule has 1 fully saturated rings. The number of halogens is 1. The molecule has 2 aromatic carbocycles. The van der Waals surface area contributed by atoms with Gasteiger partial charge in [-0.3, -0.25) is 9.69 Å². The van der Waals surface area contributed by atoms with E-state index >= 15 is 0 Å². The SMILES string of the molecule is CCC1CCC(C)(C(NC(=O)c2ccc(F)cc2OC)c2ccccc2)N(C)C1. The Labute approximate surface area is 173 Å². The average molecular weight is 399 g/mol. The lowest BCUT2D eigenvalue weighted by atomic mass is 9.75. The third-order valence-corrected chi connectivity index (χ3v) is 6.48. The second-order valence-corrected chi connectivity index (χ2v) is 8.21. The number of nitrogens with one attached hydrogen (secondary N) is 1. The van der Waals surface area contributed by atoms with Crippen molar-refractivity contribution in [1.29, 1.82) is 0 Å². The van der Waals surface area contributed by atoms with Crippen LogP contribution in [0.4, 0.5) is 4.39 Å². The van der Waals surface area contributed by atoms with Crippen LogP contribution in [0, 0.1) is 11.7 Å². The van der Waals surface area contributed by atoms with Gasteiger partial charge in [-0.05, 0) is 50.4 Å². The molecule has 3 atom stereocenters. The summed E-state index contributed by atoms with van der Waals surface area (Å²) >= 11 is 0. The lowest BCUT2D eigenvalue weighted by Gasteiger charge is -2.50. The maximum absolute atomic E-state index is 13.6. The molecule has 4 nitrogen and oxygen atoms in total. The molecule has 0 aromatic heterocycles. The predicted molar refractivity (Wildman–Crippen MR) is 114 cm³/mol. The molecule has 0 bridgehead atoms. The molecule has 1 aliphatic rings. The van der Waals surface area contributed by atoms with Gasteiger partial charge in [0.2, 0.25) is 0 Å². The van der Waals surface area contributed by atoms with Gasteiger partial charge in [-0.15, -0.1) is 0 Å². The van der Waals surface area contributed by atoms with E-state index in [9.17, 15) is 9.18 Å². The number of carbonyl (C=O) groups is 1. The maximum Gasteiger partial charge on any atom is 0.255 e. The number of hydrogen-bond donors (Lipinski definition) is 1. The topological polar surface area (TPSA) is 41.6 Å². The van der Waals surface area contributed by atoms with Crippen molar-refractivity contribution in [3.05, 3.63) is 65.5 Å². The average Bonchev–Trinajstić information content (AvgIpc) is 2.74. The first-order chi connectivity index (χ1) is 13.9. The molecule has 0 spiro atoms. The molecule has 0 aliphatic carbocycles. The number of methoxy groups -OCH3 is 1. The third-order valence-electron chi connectivity index (χ3n) is 6.48. The van der Waals surface area contributed by atoms with Crippen molar-refractivity contribution in [3.63, 3.8) is 0 Å². The number of piperidine rings is 1. The van der Waals surface area contributed by atoms with Crippen molar-refractivity contribution in [2.45, 2.75) is 44.7 Å². The van der Waals surface area contributed by atoms with E-state index in [1.807, 2.05) is 18.2 Å². The molecule has 29 heavy (non-hydrogen) atoms. The van der Waals surface area contributed by atoms with Crippen LogP contribution in [0.3, 0.4) is 0 Å². The molecule has 1 N–H and O–H groups in total. The highest BCUT2D eigenvalue weighted by molar-refractivity contribution is 5.97. The molecule has 1 saturated heterocycles. The minimum absolute atomic E-state index is 0.200. The zero-order chi connectivity index (χ0) is 21.0. The summed E-state index contributed by atoms with van der Waals surface area (Å²) in [5.41, 5.74) is 1.17. The van der Waals surface area contributed by atoms with Crippen molar-refractivity contribution in [3.8, 4) is 5.75 Å². The lowest BCUT2D eigenvalue weighted by molar-refractivity contribution is 0.0229. The van der Waals surface area contributed by atoms with Gasteiger partial charge in [0.15, 0.2) is 0 Å². The van der Waals surface area contributed by atoms with Crippen molar-refractivity contribution >= 4 is 5.91 Å². The summed E-state index contributed by atoms with van der Waals surface area (Å²) < 4.78 is 18.8. The van der Waals surface area contributed by atoms with E-state index in [4.69, 9.17) is 4.74 Å². The third kappa shape index (κ3) is 4.45. The van der Waals surface area contributed by atoms with Gasteiger partial charge in [-0.2, -0.15) is 0 Å². The van der Waals surface area contributed by atoms with E-state index in [-0.39, 0.29) is 23.2 Å². The second-order valence-electron chi connectivity index (χ2n) is 8.21. The zero-order valence-corrected chi connectivity index (χ0v) is 17.7. The van der Waals surface area contributed by atoms with Crippen LogP contribution in [-0.4, -0.2) is 37.0 Å². The summed E-state index contributed by atoms with van der Waals surface area (Å²) in [6.07, 6.45) is 3.29. The van der Waals surface area contributed by atoms with Crippen LogP contribution in [0.25, 0.3) is 0 Å². The van der Waals surface area contributed by atoms with Crippen LogP contribution in [0.5, 0.6) is 5.75 Å². The lowest BCUT2D eigenvalue weighted by Crippen LogP contribution is -2.57. The minimum atomic E-state index is -0.428. The Kier molecular flexibility index (Phi) is 6.58. The van der Waals surface area contributed by atoms with Crippen molar-refractivity contribution in [2.24, 2.45) is 5.92 Å². The van der Waals surface area contributed by atoms with Crippen LogP contribution in [0.1, 0.15) is 55.1 Å². The van der Waals surface area contributed by atoms with Gasteiger partial charge in [0.1, 0.15) is 11.6 Å². The molecule has 2 aromatic rings. The molecule has 3 unspecified atom stereocenters. The van der Waals surface area contributed by atoms with Gasteiger partial charge in [0.25, 0.3) is 5.91 Å². The first-order valence-corrected chi connectivity index (χ1v) is 10.3. The molecule has 156 valence electrons. The highest BCUT2D eigenvalue weighted by Gasteiger charge is 2.43. The fourth-order valence-corrected chi connectivity index (χ4v) is 4.38. The van der Waals surface area contributed by atoms with Crippen molar-refractivity contribution in [1.82, 2.24) is 10.2 Å². The molecule has 3 rings (SSSR count). The van der Waals surface area contributed by atoms with Gasteiger partial charge >= 0.3 is 0 Å². The Balaban J connectivity index is 1.94. The Morgan fingerprint density at radius 2 is 2.03 bits per heavy atom. The van der Waals surface area contributed by atoms with E-state index in [0.717, 1.165) is 31.4 Å². The molecule has 1 aliphatic heterocycles. The molecule has 5 heteroatoms. The van der Waals surface area contributed by atoms with Gasteiger partial charge in [0.05, 0.1) is 18.7 Å². The summed E-state index contributed by atoms with van der Waals surface area (Å²) in [6, 6.07) is 13.9. The van der Waals surface area contributed by atoms with Crippen LogP contribution in [0.2, 0.25) is 0 Å². The number of hydrogen-bond acceptors (Lipinski definition) is 3. The standard InChI is InChI=1S/C24H31FN2O2/c1-5-17-13-14-24(2,27(3)16-17)22(18-9-7-6-8-10-18)26-23(28)20-12-11-19(25)15-21(20)29-4/h6-12,15,17,22H,5,13-14,16H2,1-4H3,(H,26,28). The van der Waals surface area contributed by atoms with Gasteiger partial charge in [-0.25, -0.2) is 4.39 Å². The number of carbonyl (C=O) groups excluding carboxylic acids is 1. The fraction of sp³-hybridized carbons (Fsp3) is 0.458. The molecule has 1 amide bonds. The predicted octanol–water partition coefficient (Wildman–Crippen LogP) is 4.82. The second kappa shape index (κ2) is 8.95. The summed E-state index contributed by atoms with van der Waals surface area (Å²) in [5, 5.41) is 3.23. The van der Waals surface area contributed by atoms with E-state index in [0.29, 0.717) is 11.5 Å². The van der Waals surface area contributed by atoms with Gasteiger partial charge in [0, 0.05) is 18.2 Å². The summed E-state index contributed by atoms with van der Waals surface area (Å²) in [6.45, 7) is 5.46. The van der Waals surface area contributed by atoms with Gasteiger partial charge in [-0.1, -0.05) is 43.7 Å². The normalized spacial score (nSPS) is 23.4. The van der Waals surface area contributed by atoms with E-state index in [1.165, 1.54) is 25.3 Å². The first-order valence-electron chi connectivity index (χ1n) is 10.3. The minimum Gasteiger partial charge on any atom is -0.496 e. The smallest absolute Gasteiger partial charge is 0.255 e. The fourth-order valence-electron chi connectivity index (χ4n) is 4.38. The number of rotatable bonds is 6. The molecule has 1 heterocycles. The van der Waals surface area contributed by atoms with Crippen LogP contribution in [-0.2, 0) is 0 Å². The highest BCUT2D eigenvalue weighted by atomic mass is 19.1. The molecular weight excluding hydrogens is 367 g/mol. The molecule has 0 radical (unpaired) electrons. The van der Waals surface area contributed by atoms with Crippen molar-refractivity contribution < 1.29 is 13.9 Å². The van der Waals surface area contributed by atoms with E-state index < -0.39 is 5.82 Å². The van der Waals surface area contributed by atoms with Crippen LogP contribution in [0.15, 0.2) is 48.5 Å². The van der Waals surface area contributed by atoms with E-state index in [1.54, 1.807) is 0 Å². The number of nitrogens with zero attached hydrogens (tertiary/aromatic N) is 1. The number of ether oxygens (including phenoxy) is 1. The largest absolute Gasteiger partial charge is 0.496 e. The monoisotopic (exact) mass is 398 g/mol. The Morgan fingerprint density at radius 1 is 1.31 bits per heavy atom. The summed E-state index contributed by atoms with van der Waals surface area (Å²) in [4.78, 5) is 15.6. The quantitative estimate of drug-likeness (QED) is 0.759. The van der Waals surface area contributed by atoms with Crippen LogP contribution < -0.4 is 10.1 Å².